The van der Waals surface area contributed by atoms with Crippen LogP contribution in [0.4, 0.5) is 0 Å². The van der Waals surface area contributed by atoms with Gasteiger partial charge in [-0.2, -0.15) is 0 Å². The molecule has 0 radical (unpaired) electrons. The average Bonchev–Trinajstić information content (AvgIpc) is 2.73. The molecule has 0 spiro atoms. The van der Waals surface area contributed by atoms with Crippen molar-refractivity contribution in [1.82, 2.24) is 14.5 Å². The van der Waals surface area contributed by atoms with Crippen molar-refractivity contribution < 1.29 is 14.7 Å². The minimum absolute atomic E-state index is 0.0450. The number of aromatic nitrogens is 2. The molecule has 16 heavy (non-hydrogen) atoms. The molecule has 2 atom stereocenters. The largest absolute Gasteiger partial charge is 0.481 e. The molecule has 1 amide bonds. The first kappa shape index (κ1) is 10.7. The van der Waals surface area contributed by atoms with Crippen LogP contribution in [0.1, 0.15) is 18.3 Å². The second-order valence-corrected chi connectivity index (χ2v) is 3.99. The highest BCUT2D eigenvalue weighted by atomic mass is 16.4. The van der Waals surface area contributed by atoms with Gasteiger partial charge in [-0.1, -0.05) is 0 Å². The van der Waals surface area contributed by atoms with Gasteiger partial charge in [0.15, 0.2) is 0 Å². The predicted molar refractivity (Wildman–Crippen MR) is 54.5 cm³/mol. The molecule has 2 unspecified atom stereocenters. The Bertz CT molecular complexity index is 440. The second kappa shape index (κ2) is 3.62. The molecule has 1 aromatic heterocycles. The van der Waals surface area contributed by atoms with Crippen LogP contribution in [0.5, 0.6) is 0 Å². The molecular weight excluding hydrogens is 210 g/mol. The molecule has 1 aliphatic heterocycles. The molecule has 1 aromatic rings. The normalized spacial score (nSPS) is 25.1. The highest BCUT2D eigenvalue weighted by Gasteiger charge is 2.44. The zero-order valence-electron chi connectivity index (χ0n) is 9.12. The van der Waals surface area contributed by atoms with E-state index in [-0.39, 0.29) is 12.3 Å². The Morgan fingerprint density at radius 3 is 2.75 bits per heavy atom. The summed E-state index contributed by atoms with van der Waals surface area (Å²) in [6.45, 7) is 0. The highest BCUT2D eigenvalue weighted by molar-refractivity contribution is 5.86. The van der Waals surface area contributed by atoms with Crippen LogP contribution in [-0.4, -0.2) is 38.5 Å². The second-order valence-electron chi connectivity index (χ2n) is 3.99. The summed E-state index contributed by atoms with van der Waals surface area (Å²) in [6.07, 6.45) is 3.39. The van der Waals surface area contributed by atoms with E-state index in [4.69, 9.17) is 5.11 Å². The summed E-state index contributed by atoms with van der Waals surface area (Å²) in [6, 6.07) is -0.468. The number of hydrogen-bond acceptors (Lipinski definition) is 3. The molecule has 0 saturated carbocycles. The number of aryl methyl sites for hydroxylation is 1. The van der Waals surface area contributed by atoms with Crippen molar-refractivity contribution in [3.63, 3.8) is 0 Å². The molecule has 6 heteroatoms. The van der Waals surface area contributed by atoms with E-state index in [1.165, 1.54) is 4.90 Å². The molecule has 1 fully saturated rings. The summed E-state index contributed by atoms with van der Waals surface area (Å²) in [4.78, 5) is 28.2. The van der Waals surface area contributed by atoms with Crippen LogP contribution >= 0.6 is 0 Å². The number of carboxylic acid groups (broad SMARTS) is 1. The lowest BCUT2D eigenvalue weighted by Gasteiger charge is -2.22. The Labute approximate surface area is 92.5 Å². The summed E-state index contributed by atoms with van der Waals surface area (Å²) in [5.74, 6) is -1.20. The van der Waals surface area contributed by atoms with Gasteiger partial charge in [0, 0.05) is 32.9 Å². The molecule has 2 rings (SSSR count). The molecule has 0 aliphatic carbocycles. The van der Waals surface area contributed by atoms with E-state index in [0.29, 0.717) is 5.82 Å². The third kappa shape index (κ3) is 1.46. The molecule has 6 nitrogen and oxygen atoms in total. The number of likely N-dealkylation sites (tertiary alicyclic amines) is 1. The molecule has 1 aliphatic rings. The Morgan fingerprint density at radius 1 is 1.56 bits per heavy atom. The van der Waals surface area contributed by atoms with Crippen LogP contribution in [-0.2, 0) is 16.6 Å². The first-order valence-corrected chi connectivity index (χ1v) is 4.98. The Hall–Kier alpha value is -1.85. The minimum atomic E-state index is -0.953. The van der Waals surface area contributed by atoms with E-state index in [1.54, 1.807) is 31.1 Å². The van der Waals surface area contributed by atoms with Gasteiger partial charge >= 0.3 is 5.97 Å². The molecule has 86 valence electrons. The zero-order chi connectivity index (χ0) is 11.9. The first-order valence-electron chi connectivity index (χ1n) is 4.98. The fraction of sp³-hybridized carbons (Fsp3) is 0.500. The van der Waals surface area contributed by atoms with E-state index >= 15 is 0 Å². The lowest BCUT2D eigenvalue weighted by atomic mass is 10.00. The van der Waals surface area contributed by atoms with Crippen molar-refractivity contribution in [3.05, 3.63) is 18.2 Å². The van der Waals surface area contributed by atoms with Gasteiger partial charge in [0.05, 0.1) is 5.92 Å². The van der Waals surface area contributed by atoms with Crippen molar-refractivity contribution in [2.45, 2.75) is 12.5 Å². The fourth-order valence-corrected chi connectivity index (χ4v) is 2.11. The van der Waals surface area contributed by atoms with Crippen LogP contribution in [0.2, 0.25) is 0 Å². The predicted octanol–water partition coefficient (Wildman–Crippen LogP) is 0.0241. The maximum Gasteiger partial charge on any atom is 0.309 e. The zero-order valence-corrected chi connectivity index (χ0v) is 9.12. The number of carboxylic acids is 1. The topological polar surface area (TPSA) is 75.4 Å². The van der Waals surface area contributed by atoms with Crippen LogP contribution in [0.15, 0.2) is 12.4 Å². The first-order chi connectivity index (χ1) is 7.52. The van der Waals surface area contributed by atoms with Gasteiger partial charge < -0.3 is 14.6 Å². The van der Waals surface area contributed by atoms with Crippen molar-refractivity contribution in [2.75, 3.05) is 7.05 Å². The van der Waals surface area contributed by atoms with Crippen LogP contribution in [0.25, 0.3) is 0 Å². The average molecular weight is 223 g/mol. The third-order valence-corrected chi connectivity index (χ3v) is 3.03. The third-order valence-electron chi connectivity index (χ3n) is 3.03. The van der Waals surface area contributed by atoms with Gasteiger partial charge in [-0.05, 0) is 0 Å². The number of carbonyl (C=O) groups is 2. The number of aliphatic carboxylic acids is 1. The van der Waals surface area contributed by atoms with Gasteiger partial charge in [-0.25, -0.2) is 4.98 Å². The molecule has 1 N–H and O–H groups in total. The number of hydrogen-bond donors (Lipinski definition) is 1. The fourth-order valence-electron chi connectivity index (χ4n) is 2.11. The maximum absolute atomic E-state index is 11.5. The van der Waals surface area contributed by atoms with Crippen molar-refractivity contribution in [1.29, 1.82) is 0 Å². The van der Waals surface area contributed by atoms with E-state index in [2.05, 4.69) is 4.98 Å². The number of nitrogens with zero attached hydrogens (tertiary/aromatic N) is 3. The standard InChI is InChI=1S/C10H13N3O3/c1-12-4-3-11-9(12)8-6(10(15)16)5-7(14)13(8)2/h3-4,6,8H,5H2,1-2H3,(H,15,16). The van der Waals surface area contributed by atoms with Gasteiger partial charge in [0.25, 0.3) is 0 Å². The van der Waals surface area contributed by atoms with Gasteiger partial charge in [0.1, 0.15) is 11.9 Å². The van der Waals surface area contributed by atoms with E-state index in [9.17, 15) is 9.59 Å². The highest BCUT2D eigenvalue weighted by Crippen LogP contribution is 2.35. The van der Waals surface area contributed by atoms with E-state index < -0.39 is 17.9 Å². The summed E-state index contributed by atoms with van der Waals surface area (Å²) in [7, 11) is 3.41. The Kier molecular flexibility index (Phi) is 2.41. The number of amides is 1. The van der Waals surface area contributed by atoms with E-state index in [0.717, 1.165) is 0 Å². The van der Waals surface area contributed by atoms with Gasteiger partial charge in [-0.3, -0.25) is 9.59 Å². The maximum atomic E-state index is 11.5. The molecule has 2 heterocycles. The van der Waals surface area contributed by atoms with Crippen molar-refractivity contribution >= 4 is 11.9 Å². The van der Waals surface area contributed by atoms with Crippen molar-refractivity contribution in [3.8, 4) is 0 Å². The summed E-state index contributed by atoms with van der Waals surface area (Å²) in [5.41, 5.74) is 0. The number of rotatable bonds is 2. The Balaban J connectivity index is 2.40. The lowest BCUT2D eigenvalue weighted by Crippen LogP contribution is -2.29. The number of imidazole rings is 1. The summed E-state index contributed by atoms with van der Waals surface area (Å²) < 4.78 is 1.75. The number of carbonyl (C=O) groups excluding carboxylic acids is 1. The summed E-state index contributed by atoms with van der Waals surface area (Å²) in [5, 5.41) is 9.09. The quantitative estimate of drug-likeness (QED) is 0.767. The van der Waals surface area contributed by atoms with Gasteiger partial charge in [0.2, 0.25) is 5.91 Å². The monoisotopic (exact) mass is 223 g/mol. The Morgan fingerprint density at radius 2 is 2.25 bits per heavy atom. The SMILES string of the molecule is CN1C(=O)CC(C(=O)O)C1c1nccn1C. The van der Waals surface area contributed by atoms with E-state index in [1.807, 2.05) is 0 Å². The van der Waals surface area contributed by atoms with Crippen LogP contribution in [0.3, 0.4) is 0 Å². The lowest BCUT2D eigenvalue weighted by molar-refractivity contribution is -0.142. The van der Waals surface area contributed by atoms with Crippen molar-refractivity contribution in [2.24, 2.45) is 13.0 Å². The smallest absolute Gasteiger partial charge is 0.309 e. The van der Waals surface area contributed by atoms with Crippen LogP contribution in [0, 0.1) is 5.92 Å². The summed E-state index contributed by atoms with van der Waals surface area (Å²) >= 11 is 0. The molecule has 0 bridgehead atoms. The molecule has 0 aromatic carbocycles. The molecule has 1 saturated heterocycles. The van der Waals surface area contributed by atoms with Crippen LogP contribution < -0.4 is 0 Å². The minimum Gasteiger partial charge on any atom is -0.481 e. The molecular formula is C10H13N3O3. The van der Waals surface area contributed by atoms with Gasteiger partial charge in [-0.15, -0.1) is 0 Å².